The van der Waals surface area contributed by atoms with Crippen molar-refractivity contribution in [2.24, 2.45) is 10.9 Å². The average molecular weight is 311 g/mol. The smallest absolute Gasteiger partial charge is 0.193 e. The van der Waals surface area contributed by atoms with Crippen molar-refractivity contribution < 1.29 is 4.74 Å². The number of hydrogen-bond acceptors (Lipinski definition) is 3. The molecule has 0 radical (unpaired) electrons. The van der Waals surface area contributed by atoms with Gasteiger partial charge in [0.15, 0.2) is 5.96 Å². The molecule has 2 heterocycles. The molecule has 3 aliphatic rings. The Morgan fingerprint density at radius 3 is 2.95 bits per heavy atom. The van der Waals surface area contributed by atoms with Gasteiger partial charge in [0, 0.05) is 49.7 Å². The van der Waals surface area contributed by atoms with Crippen molar-refractivity contribution in [3.63, 3.8) is 0 Å². The number of nitrogens with zero attached hydrogens (tertiary/aromatic N) is 2. The standard InChI is InChI=1S/C16H29N3OS/c1-17-15(18-11-14-5-9-20-12-14)19-8-10-21-16(13-19)6-3-2-4-7-16/h14H,2-13H2,1H3,(H,17,18). The van der Waals surface area contributed by atoms with Gasteiger partial charge in [0.1, 0.15) is 0 Å². The van der Waals surface area contributed by atoms with Crippen LogP contribution in [0.3, 0.4) is 0 Å². The molecule has 3 rings (SSSR count). The Hall–Kier alpha value is -0.420. The maximum atomic E-state index is 5.46. The molecule has 120 valence electrons. The van der Waals surface area contributed by atoms with Crippen LogP contribution < -0.4 is 5.32 Å². The summed E-state index contributed by atoms with van der Waals surface area (Å²) in [6.07, 6.45) is 8.21. The maximum absolute atomic E-state index is 5.46. The van der Waals surface area contributed by atoms with E-state index in [0.29, 0.717) is 10.7 Å². The summed E-state index contributed by atoms with van der Waals surface area (Å²) in [6.45, 7) is 5.15. The van der Waals surface area contributed by atoms with Crippen LogP contribution in [-0.2, 0) is 4.74 Å². The highest BCUT2D eigenvalue weighted by atomic mass is 32.2. The van der Waals surface area contributed by atoms with E-state index in [4.69, 9.17) is 4.74 Å². The Kier molecular flexibility index (Phi) is 5.33. The van der Waals surface area contributed by atoms with Gasteiger partial charge in [-0.25, -0.2) is 0 Å². The molecule has 1 N–H and O–H groups in total. The molecule has 2 saturated heterocycles. The van der Waals surface area contributed by atoms with E-state index in [2.05, 4.69) is 27.0 Å². The highest BCUT2D eigenvalue weighted by Gasteiger charge is 2.38. The van der Waals surface area contributed by atoms with Gasteiger partial charge in [-0.2, -0.15) is 11.8 Å². The molecule has 3 fully saturated rings. The summed E-state index contributed by atoms with van der Waals surface area (Å²) in [5.41, 5.74) is 0. The first-order chi connectivity index (χ1) is 10.3. The lowest BCUT2D eigenvalue weighted by molar-refractivity contribution is 0.186. The van der Waals surface area contributed by atoms with Gasteiger partial charge in [-0.3, -0.25) is 4.99 Å². The van der Waals surface area contributed by atoms with E-state index in [1.807, 2.05) is 7.05 Å². The number of rotatable bonds is 2. The number of ether oxygens (including phenoxy) is 1. The lowest BCUT2D eigenvalue weighted by Crippen LogP contribution is -2.54. The molecule has 0 amide bonds. The lowest BCUT2D eigenvalue weighted by atomic mass is 9.87. The van der Waals surface area contributed by atoms with Gasteiger partial charge in [0.2, 0.25) is 0 Å². The van der Waals surface area contributed by atoms with Crippen LogP contribution >= 0.6 is 11.8 Å². The van der Waals surface area contributed by atoms with Gasteiger partial charge in [0.05, 0.1) is 6.61 Å². The molecule has 4 nitrogen and oxygen atoms in total. The van der Waals surface area contributed by atoms with Crippen LogP contribution in [0.2, 0.25) is 0 Å². The zero-order valence-electron chi connectivity index (χ0n) is 13.3. The van der Waals surface area contributed by atoms with Crippen LogP contribution in [0.1, 0.15) is 38.5 Å². The number of guanidine groups is 1. The minimum absolute atomic E-state index is 0.505. The Labute approximate surface area is 133 Å². The zero-order valence-corrected chi connectivity index (χ0v) is 14.1. The van der Waals surface area contributed by atoms with E-state index in [0.717, 1.165) is 32.3 Å². The molecule has 1 unspecified atom stereocenters. The Balaban J connectivity index is 1.55. The minimum Gasteiger partial charge on any atom is -0.381 e. The zero-order chi connectivity index (χ0) is 14.5. The second kappa shape index (κ2) is 7.23. The fourth-order valence-corrected chi connectivity index (χ4v) is 5.41. The summed E-state index contributed by atoms with van der Waals surface area (Å²) in [5.74, 6) is 3.00. The van der Waals surface area contributed by atoms with Crippen LogP contribution in [-0.4, -0.2) is 61.3 Å². The summed E-state index contributed by atoms with van der Waals surface area (Å²) in [6, 6.07) is 0. The summed E-state index contributed by atoms with van der Waals surface area (Å²) < 4.78 is 5.97. The van der Waals surface area contributed by atoms with Gasteiger partial charge in [-0.15, -0.1) is 0 Å². The van der Waals surface area contributed by atoms with Gasteiger partial charge >= 0.3 is 0 Å². The second-order valence-corrected chi connectivity index (χ2v) is 8.23. The lowest BCUT2D eigenvalue weighted by Gasteiger charge is -2.45. The van der Waals surface area contributed by atoms with Crippen LogP contribution in [0.15, 0.2) is 4.99 Å². The third kappa shape index (κ3) is 3.86. The van der Waals surface area contributed by atoms with Crippen LogP contribution in [0, 0.1) is 5.92 Å². The van der Waals surface area contributed by atoms with Crippen molar-refractivity contribution in [2.45, 2.75) is 43.3 Å². The van der Waals surface area contributed by atoms with Gasteiger partial charge in [-0.05, 0) is 19.3 Å². The number of hydrogen-bond donors (Lipinski definition) is 1. The largest absolute Gasteiger partial charge is 0.381 e. The monoisotopic (exact) mass is 311 g/mol. The van der Waals surface area contributed by atoms with Crippen molar-refractivity contribution >= 4 is 17.7 Å². The van der Waals surface area contributed by atoms with Crippen molar-refractivity contribution in [2.75, 3.05) is 45.6 Å². The van der Waals surface area contributed by atoms with Crippen molar-refractivity contribution in [1.82, 2.24) is 10.2 Å². The molecular formula is C16H29N3OS. The molecule has 1 aliphatic carbocycles. The molecule has 5 heteroatoms. The molecule has 21 heavy (non-hydrogen) atoms. The summed E-state index contributed by atoms with van der Waals surface area (Å²) >= 11 is 2.22. The molecule has 1 saturated carbocycles. The Morgan fingerprint density at radius 2 is 2.24 bits per heavy atom. The number of thioether (sulfide) groups is 1. The number of aliphatic imine (C=N–C) groups is 1. The second-order valence-electron chi connectivity index (χ2n) is 6.67. The molecule has 1 spiro atoms. The predicted molar refractivity (Wildman–Crippen MR) is 90.1 cm³/mol. The first-order valence-corrected chi connectivity index (χ1v) is 9.47. The van der Waals surface area contributed by atoms with Crippen LogP contribution in [0.25, 0.3) is 0 Å². The van der Waals surface area contributed by atoms with Crippen molar-refractivity contribution in [3.05, 3.63) is 0 Å². The molecular weight excluding hydrogens is 282 g/mol. The van der Waals surface area contributed by atoms with E-state index in [1.54, 1.807) is 0 Å². The first kappa shape index (κ1) is 15.5. The summed E-state index contributed by atoms with van der Waals surface area (Å²) in [7, 11) is 1.92. The van der Waals surface area contributed by atoms with Crippen molar-refractivity contribution in [3.8, 4) is 0 Å². The fourth-order valence-electron chi connectivity index (χ4n) is 3.84. The van der Waals surface area contributed by atoms with Gasteiger partial charge in [0.25, 0.3) is 0 Å². The van der Waals surface area contributed by atoms with E-state index >= 15 is 0 Å². The highest BCUT2D eigenvalue weighted by Crippen LogP contribution is 2.42. The fraction of sp³-hybridized carbons (Fsp3) is 0.938. The van der Waals surface area contributed by atoms with Crippen molar-refractivity contribution in [1.29, 1.82) is 0 Å². The SMILES string of the molecule is CN=C(NCC1CCOC1)N1CCSC2(CCCCC2)C1. The molecule has 1 atom stereocenters. The minimum atomic E-state index is 0.505. The van der Waals surface area contributed by atoms with Gasteiger partial charge in [-0.1, -0.05) is 19.3 Å². The van der Waals surface area contributed by atoms with Crippen LogP contribution in [0.4, 0.5) is 0 Å². The Morgan fingerprint density at radius 1 is 1.38 bits per heavy atom. The predicted octanol–water partition coefficient (Wildman–Crippen LogP) is 2.35. The normalized spacial score (nSPS) is 29.9. The average Bonchev–Trinajstić information content (AvgIpc) is 3.02. The molecule has 0 aromatic heterocycles. The maximum Gasteiger partial charge on any atom is 0.193 e. The highest BCUT2D eigenvalue weighted by molar-refractivity contribution is 8.00. The number of nitrogens with one attached hydrogen (secondary N) is 1. The molecule has 0 aromatic rings. The summed E-state index contributed by atoms with van der Waals surface area (Å²) in [5, 5.41) is 3.59. The molecule has 2 aliphatic heterocycles. The van der Waals surface area contributed by atoms with Gasteiger partial charge < -0.3 is 15.0 Å². The molecule has 0 aromatic carbocycles. The first-order valence-electron chi connectivity index (χ1n) is 8.49. The van der Waals surface area contributed by atoms with E-state index in [-0.39, 0.29) is 0 Å². The topological polar surface area (TPSA) is 36.9 Å². The Bertz CT molecular complexity index is 357. The van der Waals surface area contributed by atoms with E-state index in [1.165, 1.54) is 50.8 Å². The van der Waals surface area contributed by atoms with E-state index < -0.39 is 0 Å². The summed E-state index contributed by atoms with van der Waals surface area (Å²) in [4.78, 5) is 7.03. The quantitative estimate of drug-likeness (QED) is 0.627. The van der Waals surface area contributed by atoms with E-state index in [9.17, 15) is 0 Å². The third-order valence-electron chi connectivity index (χ3n) is 5.10. The third-order valence-corrected chi connectivity index (χ3v) is 6.63. The molecule has 0 bridgehead atoms. The van der Waals surface area contributed by atoms with Crippen LogP contribution in [0.5, 0.6) is 0 Å².